The molecule has 0 heterocycles. The quantitative estimate of drug-likeness (QED) is 0.787. The van der Waals surface area contributed by atoms with Crippen LogP contribution in [-0.4, -0.2) is 18.1 Å². The molecule has 1 atom stereocenters. The zero-order valence-corrected chi connectivity index (χ0v) is 13.2. The molecule has 1 nitrogen and oxygen atoms in total. The van der Waals surface area contributed by atoms with Crippen LogP contribution in [0, 0.1) is 19.8 Å². The summed E-state index contributed by atoms with van der Waals surface area (Å²) in [6, 6.07) is 7.28. The summed E-state index contributed by atoms with van der Waals surface area (Å²) in [5.41, 5.74) is 4.21. The minimum atomic E-state index is 0.486. The zero-order chi connectivity index (χ0) is 13.5. The third-order valence-corrected chi connectivity index (χ3v) is 4.46. The summed E-state index contributed by atoms with van der Waals surface area (Å²) >= 11 is 2.05. The van der Waals surface area contributed by atoms with Crippen molar-refractivity contribution in [3.05, 3.63) is 34.9 Å². The molecule has 0 aliphatic carbocycles. The van der Waals surface area contributed by atoms with Gasteiger partial charge in [-0.05, 0) is 43.2 Å². The fourth-order valence-corrected chi connectivity index (χ4v) is 3.28. The van der Waals surface area contributed by atoms with Crippen molar-refractivity contribution in [2.24, 2.45) is 5.92 Å². The van der Waals surface area contributed by atoms with E-state index in [-0.39, 0.29) is 0 Å². The highest BCUT2D eigenvalue weighted by atomic mass is 32.2. The van der Waals surface area contributed by atoms with Crippen molar-refractivity contribution in [1.29, 1.82) is 0 Å². The second-order valence-electron chi connectivity index (χ2n) is 5.40. The Morgan fingerprint density at radius 2 is 1.89 bits per heavy atom. The molecule has 0 aromatic heterocycles. The molecule has 18 heavy (non-hydrogen) atoms. The van der Waals surface area contributed by atoms with Crippen LogP contribution in [0.5, 0.6) is 0 Å². The number of hydrogen-bond donors (Lipinski definition) is 1. The van der Waals surface area contributed by atoms with Gasteiger partial charge in [0.25, 0.3) is 0 Å². The molecule has 0 aliphatic heterocycles. The van der Waals surface area contributed by atoms with Crippen molar-refractivity contribution in [2.75, 3.05) is 18.1 Å². The molecule has 0 aliphatic rings. The first-order chi connectivity index (χ1) is 8.54. The number of rotatable bonds is 7. The Morgan fingerprint density at radius 1 is 1.17 bits per heavy atom. The molecule has 0 amide bonds. The van der Waals surface area contributed by atoms with Crippen LogP contribution in [0.15, 0.2) is 18.2 Å². The summed E-state index contributed by atoms with van der Waals surface area (Å²) in [4.78, 5) is 0. The average molecular weight is 265 g/mol. The topological polar surface area (TPSA) is 12.0 Å². The lowest BCUT2D eigenvalue weighted by Gasteiger charge is -2.21. The normalized spacial score (nSPS) is 13.0. The fraction of sp³-hybridized carbons (Fsp3) is 0.625. The Kier molecular flexibility index (Phi) is 6.80. The summed E-state index contributed by atoms with van der Waals surface area (Å²) in [5.74, 6) is 3.18. The molecule has 0 fully saturated rings. The van der Waals surface area contributed by atoms with Crippen LogP contribution >= 0.6 is 11.8 Å². The largest absolute Gasteiger partial charge is 0.310 e. The predicted molar refractivity (Wildman–Crippen MR) is 84.5 cm³/mol. The van der Waals surface area contributed by atoms with E-state index in [1.54, 1.807) is 0 Å². The summed E-state index contributed by atoms with van der Waals surface area (Å²) in [6.45, 7) is 12.2. The van der Waals surface area contributed by atoms with E-state index in [0.717, 1.165) is 18.2 Å². The third-order valence-electron chi connectivity index (χ3n) is 2.99. The smallest absolute Gasteiger partial charge is 0.0414 e. The van der Waals surface area contributed by atoms with Gasteiger partial charge in [0.05, 0.1) is 0 Å². The molecule has 0 bridgehead atoms. The van der Waals surface area contributed by atoms with Crippen LogP contribution in [0.2, 0.25) is 0 Å². The van der Waals surface area contributed by atoms with E-state index in [0.29, 0.717) is 6.04 Å². The third kappa shape index (κ3) is 5.03. The van der Waals surface area contributed by atoms with Gasteiger partial charge in [-0.3, -0.25) is 0 Å². The molecule has 102 valence electrons. The van der Waals surface area contributed by atoms with Crippen LogP contribution in [0.4, 0.5) is 0 Å². The van der Waals surface area contributed by atoms with E-state index in [2.05, 4.69) is 69.9 Å². The maximum absolute atomic E-state index is 3.61. The van der Waals surface area contributed by atoms with Gasteiger partial charge >= 0.3 is 0 Å². The standard InChI is InChI=1S/C16H27NS/c1-6-17-16(11-18-10-12(2)3)15-8-7-13(4)9-14(15)5/h7-9,12,16-17H,6,10-11H2,1-5H3. The van der Waals surface area contributed by atoms with Crippen molar-refractivity contribution in [2.45, 2.75) is 40.7 Å². The van der Waals surface area contributed by atoms with Gasteiger partial charge in [-0.1, -0.05) is 44.5 Å². The van der Waals surface area contributed by atoms with Crippen LogP contribution in [0.25, 0.3) is 0 Å². The minimum absolute atomic E-state index is 0.486. The molecule has 0 spiro atoms. The number of thioether (sulfide) groups is 1. The van der Waals surface area contributed by atoms with Crippen molar-refractivity contribution in [3.8, 4) is 0 Å². The summed E-state index contributed by atoms with van der Waals surface area (Å²) in [6.07, 6.45) is 0. The molecule has 1 unspecified atom stereocenters. The van der Waals surface area contributed by atoms with E-state index in [9.17, 15) is 0 Å². The first kappa shape index (κ1) is 15.6. The Bertz CT molecular complexity index is 360. The summed E-state index contributed by atoms with van der Waals surface area (Å²) in [5, 5.41) is 3.61. The second-order valence-corrected chi connectivity index (χ2v) is 6.48. The van der Waals surface area contributed by atoms with Crippen LogP contribution < -0.4 is 5.32 Å². The van der Waals surface area contributed by atoms with E-state index in [1.807, 2.05) is 0 Å². The lowest BCUT2D eigenvalue weighted by molar-refractivity contribution is 0.602. The molecule has 1 N–H and O–H groups in total. The van der Waals surface area contributed by atoms with Crippen LogP contribution in [0.1, 0.15) is 43.5 Å². The second kappa shape index (κ2) is 7.85. The first-order valence-corrected chi connectivity index (χ1v) is 8.08. The SMILES string of the molecule is CCNC(CSCC(C)C)c1ccc(C)cc1C. The predicted octanol–water partition coefficient (Wildman–Crippen LogP) is 4.34. The Morgan fingerprint density at radius 3 is 2.44 bits per heavy atom. The van der Waals surface area contributed by atoms with Gasteiger partial charge in [0.15, 0.2) is 0 Å². The van der Waals surface area contributed by atoms with Gasteiger partial charge in [-0.2, -0.15) is 11.8 Å². The van der Waals surface area contributed by atoms with Crippen molar-refractivity contribution in [1.82, 2.24) is 5.32 Å². The molecule has 2 heteroatoms. The molecule has 0 saturated heterocycles. The highest BCUT2D eigenvalue weighted by molar-refractivity contribution is 7.99. The van der Waals surface area contributed by atoms with Gasteiger partial charge in [0, 0.05) is 11.8 Å². The van der Waals surface area contributed by atoms with Gasteiger partial charge in [0.1, 0.15) is 0 Å². The highest BCUT2D eigenvalue weighted by Gasteiger charge is 2.13. The van der Waals surface area contributed by atoms with Gasteiger partial charge in [-0.25, -0.2) is 0 Å². The van der Waals surface area contributed by atoms with Crippen LogP contribution in [0.3, 0.4) is 0 Å². The Labute approximate surface area is 117 Å². The lowest BCUT2D eigenvalue weighted by Crippen LogP contribution is -2.24. The van der Waals surface area contributed by atoms with Gasteiger partial charge in [-0.15, -0.1) is 0 Å². The summed E-state index contributed by atoms with van der Waals surface area (Å²) < 4.78 is 0. The number of aryl methyl sites for hydroxylation is 2. The van der Waals surface area contributed by atoms with Gasteiger partial charge < -0.3 is 5.32 Å². The molecular weight excluding hydrogens is 238 g/mol. The molecule has 1 aromatic carbocycles. The molecular formula is C16H27NS. The Hall–Kier alpha value is -0.470. The number of hydrogen-bond acceptors (Lipinski definition) is 2. The van der Waals surface area contributed by atoms with Gasteiger partial charge in [0.2, 0.25) is 0 Å². The molecule has 0 radical (unpaired) electrons. The summed E-state index contributed by atoms with van der Waals surface area (Å²) in [7, 11) is 0. The van der Waals surface area contributed by atoms with E-state index in [1.165, 1.54) is 22.4 Å². The average Bonchev–Trinajstić information content (AvgIpc) is 2.28. The maximum Gasteiger partial charge on any atom is 0.0414 e. The fourth-order valence-electron chi connectivity index (χ4n) is 2.14. The highest BCUT2D eigenvalue weighted by Crippen LogP contribution is 2.23. The first-order valence-electron chi connectivity index (χ1n) is 6.92. The van der Waals surface area contributed by atoms with E-state index in [4.69, 9.17) is 0 Å². The van der Waals surface area contributed by atoms with E-state index >= 15 is 0 Å². The monoisotopic (exact) mass is 265 g/mol. The zero-order valence-electron chi connectivity index (χ0n) is 12.4. The van der Waals surface area contributed by atoms with Crippen molar-refractivity contribution >= 4 is 11.8 Å². The van der Waals surface area contributed by atoms with Crippen LogP contribution in [-0.2, 0) is 0 Å². The number of benzene rings is 1. The van der Waals surface area contributed by atoms with E-state index < -0.39 is 0 Å². The van der Waals surface area contributed by atoms with Crippen molar-refractivity contribution < 1.29 is 0 Å². The number of nitrogens with one attached hydrogen (secondary N) is 1. The molecule has 1 aromatic rings. The van der Waals surface area contributed by atoms with Crippen molar-refractivity contribution in [3.63, 3.8) is 0 Å². The minimum Gasteiger partial charge on any atom is -0.310 e. The Balaban J connectivity index is 2.70. The maximum atomic E-state index is 3.61. The molecule has 0 saturated carbocycles. The lowest BCUT2D eigenvalue weighted by atomic mass is 10.0. The molecule has 1 rings (SSSR count).